The number of anilines is 2. The van der Waals surface area contributed by atoms with Gasteiger partial charge < -0.3 is 10.2 Å². The van der Waals surface area contributed by atoms with Gasteiger partial charge in [0.15, 0.2) is 0 Å². The molecule has 0 unspecified atom stereocenters. The van der Waals surface area contributed by atoms with Crippen LogP contribution in [0.2, 0.25) is 0 Å². The Morgan fingerprint density at radius 2 is 2.16 bits per heavy atom. The lowest BCUT2D eigenvalue weighted by molar-refractivity contribution is 0.102. The second kappa shape index (κ2) is 5.44. The summed E-state index contributed by atoms with van der Waals surface area (Å²) >= 11 is 3.41. The number of aryl methyl sites for hydroxylation is 1. The molecule has 2 N–H and O–H groups in total. The number of amides is 1. The topological polar surface area (TPSA) is 61.0 Å². The molecule has 1 aromatic carbocycles. The van der Waals surface area contributed by atoms with Crippen LogP contribution in [0, 0.1) is 6.92 Å². The molecule has 6 heteroatoms. The van der Waals surface area contributed by atoms with E-state index in [0.717, 1.165) is 21.5 Å². The zero-order chi connectivity index (χ0) is 14.0. The highest BCUT2D eigenvalue weighted by molar-refractivity contribution is 9.10. The summed E-state index contributed by atoms with van der Waals surface area (Å²) in [5.74, 6) is -0.174. The Morgan fingerprint density at radius 1 is 1.42 bits per heavy atom. The van der Waals surface area contributed by atoms with Crippen molar-refractivity contribution in [3.63, 3.8) is 0 Å². The van der Waals surface area contributed by atoms with Crippen LogP contribution >= 0.6 is 15.9 Å². The van der Waals surface area contributed by atoms with Crippen LogP contribution in [0.1, 0.15) is 16.1 Å². The second-order valence-corrected chi connectivity index (χ2v) is 5.33. The summed E-state index contributed by atoms with van der Waals surface area (Å²) in [5, 5.41) is 9.51. The maximum Gasteiger partial charge on any atom is 0.259 e. The molecule has 19 heavy (non-hydrogen) atoms. The molecular weight excluding hydrogens is 308 g/mol. The summed E-state index contributed by atoms with van der Waals surface area (Å²) in [7, 11) is 3.87. The first-order valence-electron chi connectivity index (χ1n) is 5.77. The number of aromatic amines is 1. The predicted molar refractivity (Wildman–Crippen MR) is 79.7 cm³/mol. The van der Waals surface area contributed by atoms with Gasteiger partial charge in [0.2, 0.25) is 0 Å². The van der Waals surface area contributed by atoms with Gasteiger partial charge in [-0.1, -0.05) is 15.9 Å². The van der Waals surface area contributed by atoms with Gasteiger partial charge in [-0.05, 0) is 25.1 Å². The quantitative estimate of drug-likeness (QED) is 0.913. The molecule has 2 aromatic rings. The Kier molecular flexibility index (Phi) is 3.90. The van der Waals surface area contributed by atoms with Crippen LogP contribution in [0.4, 0.5) is 11.4 Å². The number of aromatic nitrogens is 2. The minimum Gasteiger partial charge on any atom is -0.376 e. The van der Waals surface area contributed by atoms with Crippen LogP contribution in [0.25, 0.3) is 0 Å². The van der Waals surface area contributed by atoms with E-state index in [4.69, 9.17) is 0 Å². The van der Waals surface area contributed by atoms with Gasteiger partial charge >= 0.3 is 0 Å². The van der Waals surface area contributed by atoms with E-state index in [0.29, 0.717) is 5.56 Å². The van der Waals surface area contributed by atoms with Crippen molar-refractivity contribution in [2.24, 2.45) is 0 Å². The number of benzene rings is 1. The summed E-state index contributed by atoms with van der Waals surface area (Å²) in [6, 6.07) is 5.76. The third-order valence-electron chi connectivity index (χ3n) is 2.76. The van der Waals surface area contributed by atoms with E-state index in [1.807, 2.05) is 44.1 Å². The van der Waals surface area contributed by atoms with Gasteiger partial charge in [-0.2, -0.15) is 5.10 Å². The van der Waals surface area contributed by atoms with Crippen LogP contribution in [0.3, 0.4) is 0 Å². The summed E-state index contributed by atoms with van der Waals surface area (Å²) in [4.78, 5) is 14.1. The predicted octanol–water partition coefficient (Wildman–Crippen LogP) is 2.80. The molecule has 100 valence electrons. The zero-order valence-corrected chi connectivity index (χ0v) is 12.6. The number of hydrogen-bond acceptors (Lipinski definition) is 3. The van der Waals surface area contributed by atoms with E-state index in [2.05, 4.69) is 31.4 Å². The minimum atomic E-state index is -0.174. The lowest BCUT2D eigenvalue weighted by Gasteiger charge is -2.18. The third-order valence-corrected chi connectivity index (χ3v) is 3.26. The third kappa shape index (κ3) is 2.96. The van der Waals surface area contributed by atoms with Crippen LogP contribution < -0.4 is 10.2 Å². The standard InChI is InChI=1S/C13H15BrN4O/c1-8-10(7-15-17-8)13(19)16-11-6-9(14)4-5-12(11)18(2)3/h4-7H,1-3H3,(H,15,17)(H,16,19). The van der Waals surface area contributed by atoms with E-state index in [1.165, 1.54) is 6.20 Å². The smallest absolute Gasteiger partial charge is 0.259 e. The molecule has 0 spiro atoms. The maximum atomic E-state index is 12.2. The van der Waals surface area contributed by atoms with E-state index in [9.17, 15) is 4.79 Å². The highest BCUT2D eigenvalue weighted by Crippen LogP contribution is 2.28. The summed E-state index contributed by atoms with van der Waals surface area (Å²) < 4.78 is 0.914. The van der Waals surface area contributed by atoms with E-state index in [-0.39, 0.29) is 5.91 Å². The van der Waals surface area contributed by atoms with Gasteiger partial charge in [-0.3, -0.25) is 9.89 Å². The average molecular weight is 323 g/mol. The van der Waals surface area contributed by atoms with Gasteiger partial charge in [-0.15, -0.1) is 0 Å². The number of nitrogens with one attached hydrogen (secondary N) is 2. The highest BCUT2D eigenvalue weighted by Gasteiger charge is 2.14. The first-order valence-corrected chi connectivity index (χ1v) is 6.56. The van der Waals surface area contributed by atoms with Crippen LogP contribution in [0.15, 0.2) is 28.9 Å². The maximum absolute atomic E-state index is 12.2. The molecule has 0 atom stereocenters. The van der Waals surface area contributed by atoms with Gasteiger partial charge in [0.1, 0.15) is 0 Å². The lowest BCUT2D eigenvalue weighted by Crippen LogP contribution is -2.17. The number of hydrogen-bond donors (Lipinski definition) is 2. The van der Waals surface area contributed by atoms with Gasteiger partial charge in [0, 0.05) is 24.3 Å². The van der Waals surface area contributed by atoms with E-state index >= 15 is 0 Å². The molecule has 0 saturated carbocycles. The fourth-order valence-corrected chi connectivity index (χ4v) is 2.13. The Bertz CT molecular complexity index is 606. The Balaban J connectivity index is 2.31. The number of halogens is 1. The van der Waals surface area contributed by atoms with Gasteiger partial charge in [0.05, 0.1) is 23.1 Å². The van der Waals surface area contributed by atoms with E-state index < -0.39 is 0 Å². The van der Waals surface area contributed by atoms with Crippen molar-refractivity contribution in [2.75, 3.05) is 24.3 Å². The minimum absolute atomic E-state index is 0.174. The molecule has 0 fully saturated rings. The van der Waals surface area contributed by atoms with Gasteiger partial charge in [0.25, 0.3) is 5.91 Å². The lowest BCUT2D eigenvalue weighted by atomic mass is 10.2. The molecule has 1 heterocycles. The van der Waals surface area contributed by atoms with Crippen molar-refractivity contribution in [1.29, 1.82) is 0 Å². The first kappa shape index (κ1) is 13.6. The molecular formula is C13H15BrN4O. The van der Waals surface area contributed by atoms with Crippen molar-refractivity contribution >= 4 is 33.2 Å². The van der Waals surface area contributed by atoms with Crippen LogP contribution in [-0.4, -0.2) is 30.2 Å². The number of nitrogens with zero attached hydrogens (tertiary/aromatic N) is 2. The van der Waals surface area contributed by atoms with Crippen molar-refractivity contribution in [3.8, 4) is 0 Å². The molecule has 1 aromatic heterocycles. The van der Waals surface area contributed by atoms with Crippen molar-refractivity contribution in [3.05, 3.63) is 40.1 Å². The van der Waals surface area contributed by atoms with Crippen molar-refractivity contribution in [1.82, 2.24) is 10.2 Å². The Hall–Kier alpha value is -1.82. The fraction of sp³-hybridized carbons (Fsp3) is 0.231. The largest absolute Gasteiger partial charge is 0.376 e. The normalized spacial score (nSPS) is 10.3. The molecule has 0 aliphatic heterocycles. The summed E-state index contributed by atoms with van der Waals surface area (Å²) in [6.45, 7) is 1.82. The second-order valence-electron chi connectivity index (χ2n) is 4.42. The Labute approximate surface area is 120 Å². The molecule has 0 aliphatic carbocycles. The molecule has 1 amide bonds. The van der Waals surface area contributed by atoms with E-state index in [1.54, 1.807) is 0 Å². The number of H-pyrrole nitrogens is 1. The van der Waals surface area contributed by atoms with Crippen LogP contribution in [0.5, 0.6) is 0 Å². The fourth-order valence-electron chi connectivity index (χ4n) is 1.77. The van der Waals surface area contributed by atoms with Crippen molar-refractivity contribution in [2.45, 2.75) is 6.92 Å². The monoisotopic (exact) mass is 322 g/mol. The van der Waals surface area contributed by atoms with Crippen LogP contribution in [-0.2, 0) is 0 Å². The number of rotatable bonds is 3. The molecule has 0 saturated heterocycles. The molecule has 0 aliphatic rings. The molecule has 5 nitrogen and oxygen atoms in total. The summed E-state index contributed by atoms with van der Waals surface area (Å²) in [6.07, 6.45) is 1.53. The van der Waals surface area contributed by atoms with Crippen molar-refractivity contribution < 1.29 is 4.79 Å². The molecule has 0 radical (unpaired) electrons. The SMILES string of the molecule is Cc1[nH]ncc1C(=O)Nc1cc(Br)ccc1N(C)C. The molecule has 2 rings (SSSR count). The molecule has 0 bridgehead atoms. The summed E-state index contributed by atoms with van der Waals surface area (Å²) in [5.41, 5.74) is 2.99. The zero-order valence-electron chi connectivity index (χ0n) is 11.0. The van der Waals surface area contributed by atoms with Gasteiger partial charge in [-0.25, -0.2) is 0 Å². The highest BCUT2D eigenvalue weighted by atomic mass is 79.9. The average Bonchev–Trinajstić information content (AvgIpc) is 2.75. The first-order chi connectivity index (χ1) is 8.99. The number of carbonyl (C=O) groups excluding carboxylic acids is 1. The number of carbonyl (C=O) groups is 1. The Morgan fingerprint density at radius 3 is 2.74 bits per heavy atom.